The lowest BCUT2D eigenvalue weighted by molar-refractivity contribution is -0.137. The topological polar surface area (TPSA) is 105 Å². The Balaban J connectivity index is 1.30. The molecule has 0 bridgehead atoms. The molecule has 0 aromatic carbocycles. The van der Waals surface area contributed by atoms with Gasteiger partial charge in [0, 0.05) is 57.1 Å². The quantitative estimate of drug-likeness (QED) is 0.545. The molecule has 5 heterocycles. The van der Waals surface area contributed by atoms with Crippen LogP contribution in [0.5, 0.6) is 0 Å². The zero-order valence-electron chi connectivity index (χ0n) is 20.1. The van der Waals surface area contributed by atoms with Gasteiger partial charge >= 0.3 is 12.3 Å². The van der Waals surface area contributed by atoms with E-state index in [1.807, 2.05) is 20.8 Å². The monoisotopic (exact) mass is 524 g/mol. The minimum Gasteiger partial charge on any atom is -0.444 e. The SMILES string of the molecule is CC(C)(C)OC(=O)N1CCN2CCN(c3nn4cc(-c5cnc(N)c(C(F)(F)F)c5)nc4s3)CC2C1. The molecule has 1 atom stereocenters. The van der Waals surface area contributed by atoms with Crippen molar-refractivity contribution in [2.45, 2.75) is 38.6 Å². The second-order valence-corrected chi connectivity index (χ2v) is 10.9. The number of halogens is 3. The summed E-state index contributed by atoms with van der Waals surface area (Å²) in [5.74, 6) is -0.570. The van der Waals surface area contributed by atoms with Gasteiger partial charge in [-0.05, 0) is 26.8 Å². The first-order valence-corrected chi connectivity index (χ1v) is 12.4. The van der Waals surface area contributed by atoms with E-state index in [0.717, 1.165) is 30.8 Å². The third kappa shape index (κ3) is 4.91. The predicted octanol–water partition coefficient (Wildman–Crippen LogP) is 3.20. The highest BCUT2D eigenvalue weighted by molar-refractivity contribution is 7.20. The van der Waals surface area contributed by atoms with Gasteiger partial charge in [0.05, 0.1) is 17.5 Å². The van der Waals surface area contributed by atoms with Crippen molar-refractivity contribution in [1.82, 2.24) is 29.4 Å². The lowest BCUT2D eigenvalue weighted by Gasteiger charge is -2.47. The van der Waals surface area contributed by atoms with Crippen LogP contribution in [0.4, 0.5) is 28.9 Å². The van der Waals surface area contributed by atoms with Crippen LogP contribution >= 0.6 is 11.3 Å². The fourth-order valence-corrected chi connectivity index (χ4v) is 5.34. The lowest BCUT2D eigenvalue weighted by atomic mass is 10.1. The molecule has 2 fully saturated rings. The molecule has 0 spiro atoms. The summed E-state index contributed by atoms with van der Waals surface area (Å²) in [5.41, 5.74) is 4.42. The van der Waals surface area contributed by atoms with Crippen LogP contribution in [0, 0.1) is 0 Å². The first-order chi connectivity index (χ1) is 16.9. The Morgan fingerprint density at radius 3 is 2.61 bits per heavy atom. The van der Waals surface area contributed by atoms with Crippen molar-refractivity contribution in [3.05, 3.63) is 24.0 Å². The van der Waals surface area contributed by atoms with Crippen molar-refractivity contribution >= 4 is 33.3 Å². The van der Waals surface area contributed by atoms with Crippen LogP contribution in [-0.2, 0) is 10.9 Å². The molecule has 5 rings (SSSR count). The van der Waals surface area contributed by atoms with Crippen LogP contribution in [0.3, 0.4) is 0 Å². The molecule has 1 amide bonds. The Labute approximate surface area is 209 Å². The number of nitrogen functional groups attached to an aromatic ring is 1. The number of nitrogens with two attached hydrogens (primary N) is 1. The summed E-state index contributed by atoms with van der Waals surface area (Å²) in [7, 11) is 0. The number of piperazine rings is 2. The Morgan fingerprint density at radius 2 is 1.92 bits per heavy atom. The molecule has 3 aromatic heterocycles. The summed E-state index contributed by atoms with van der Waals surface area (Å²) in [6.07, 6.45) is -2.04. The van der Waals surface area contributed by atoms with Gasteiger partial charge in [-0.2, -0.15) is 13.2 Å². The number of fused-ring (bicyclic) bond motifs is 2. The number of anilines is 2. The van der Waals surface area contributed by atoms with E-state index in [1.54, 1.807) is 15.6 Å². The van der Waals surface area contributed by atoms with Crippen molar-refractivity contribution < 1.29 is 22.7 Å². The van der Waals surface area contributed by atoms with E-state index in [-0.39, 0.29) is 17.7 Å². The van der Waals surface area contributed by atoms with Gasteiger partial charge in [0.25, 0.3) is 0 Å². The van der Waals surface area contributed by atoms with E-state index in [0.29, 0.717) is 30.3 Å². The number of hydrogen-bond acceptors (Lipinski definition) is 9. The normalized spacial score (nSPS) is 19.6. The van der Waals surface area contributed by atoms with Gasteiger partial charge in [-0.25, -0.2) is 19.3 Å². The summed E-state index contributed by atoms with van der Waals surface area (Å²) in [5, 5.41) is 5.39. The molecule has 0 aliphatic carbocycles. The number of rotatable bonds is 2. The Morgan fingerprint density at radius 1 is 1.17 bits per heavy atom. The largest absolute Gasteiger partial charge is 0.444 e. The van der Waals surface area contributed by atoms with Crippen LogP contribution in [0.25, 0.3) is 16.2 Å². The average Bonchev–Trinajstić information content (AvgIpc) is 3.36. The summed E-state index contributed by atoms with van der Waals surface area (Å²) in [6, 6.07) is 1.10. The molecule has 1 unspecified atom stereocenters. The summed E-state index contributed by atoms with van der Waals surface area (Å²) in [6.45, 7) is 9.88. The predicted molar refractivity (Wildman–Crippen MR) is 129 cm³/mol. The number of hydrogen-bond donors (Lipinski definition) is 1. The molecule has 2 N–H and O–H groups in total. The maximum absolute atomic E-state index is 13.2. The molecule has 3 aromatic rings. The molecular formula is C22H27F3N8O2S. The molecule has 2 aliphatic rings. The average molecular weight is 525 g/mol. The highest BCUT2D eigenvalue weighted by Gasteiger charge is 2.37. The van der Waals surface area contributed by atoms with Crippen LogP contribution < -0.4 is 10.6 Å². The number of carbonyl (C=O) groups is 1. The molecule has 2 saturated heterocycles. The second kappa shape index (κ2) is 8.76. The van der Waals surface area contributed by atoms with Gasteiger partial charge in [-0.15, -0.1) is 5.10 Å². The Bertz CT molecular complexity index is 1250. The van der Waals surface area contributed by atoms with Gasteiger partial charge in [0.15, 0.2) is 0 Å². The number of pyridine rings is 1. The van der Waals surface area contributed by atoms with E-state index in [1.165, 1.54) is 17.5 Å². The second-order valence-electron chi connectivity index (χ2n) is 9.95. The van der Waals surface area contributed by atoms with E-state index >= 15 is 0 Å². The maximum atomic E-state index is 13.2. The number of ether oxygens (including phenoxy) is 1. The first kappa shape index (κ1) is 24.6. The number of carbonyl (C=O) groups excluding carboxylic acids is 1. The van der Waals surface area contributed by atoms with Crippen molar-refractivity contribution in [2.75, 3.05) is 49.9 Å². The third-order valence-corrected chi connectivity index (χ3v) is 7.15. The highest BCUT2D eigenvalue weighted by atomic mass is 32.1. The van der Waals surface area contributed by atoms with Gasteiger partial charge in [-0.1, -0.05) is 11.3 Å². The van der Waals surface area contributed by atoms with Gasteiger partial charge in [-0.3, -0.25) is 4.90 Å². The van der Waals surface area contributed by atoms with E-state index in [9.17, 15) is 18.0 Å². The molecule has 10 nitrogen and oxygen atoms in total. The van der Waals surface area contributed by atoms with Crippen molar-refractivity contribution in [2.24, 2.45) is 0 Å². The first-order valence-electron chi connectivity index (χ1n) is 11.5. The minimum absolute atomic E-state index is 0.147. The molecule has 0 radical (unpaired) electrons. The van der Waals surface area contributed by atoms with Crippen molar-refractivity contribution in [1.29, 1.82) is 0 Å². The summed E-state index contributed by atoms with van der Waals surface area (Å²) >= 11 is 1.36. The molecule has 36 heavy (non-hydrogen) atoms. The van der Waals surface area contributed by atoms with E-state index < -0.39 is 23.2 Å². The highest BCUT2D eigenvalue weighted by Crippen LogP contribution is 2.35. The van der Waals surface area contributed by atoms with Crippen LogP contribution in [0.15, 0.2) is 18.5 Å². The zero-order chi connectivity index (χ0) is 25.8. The van der Waals surface area contributed by atoms with Crippen LogP contribution in [0.1, 0.15) is 26.3 Å². The van der Waals surface area contributed by atoms with Gasteiger partial charge < -0.3 is 20.3 Å². The Kier molecular flexibility index (Phi) is 5.98. The summed E-state index contributed by atoms with van der Waals surface area (Å²) < 4.78 is 46.7. The molecule has 0 saturated carbocycles. The number of amides is 1. The van der Waals surface area contributed by atoms with Crippen molar-refractivity contribution in [3.8, 4) is 11.3 Å². The smallest absolute Gasteiger partial charge is 0.419 e. The fourth-order valence-electron chi connectivity index (χ4n) is 4.42. The molecule has 194 valence electrons. The van der Waals surface area contributed by atoms with Crippen molar-refractivity contribution in [3.63, 3.8) is 0 Å². The van der Waals surface area contributed by atoms with Gasteiger partial charge in [0.2, 0.25) is 10.1 Å². The standard InChI is InChI=1S/C22H27F3N8O2S/c1-21(2,3)35-20(34)32-7-5-30-4-6-31(10-14(30)11-32)19-29-33-12-16(28-18(33)36-19)13-8-15(22(23,24)25)17(26)27-9-13/h8-9,12,14H,4-7,10-11H2,1-3H3,(H2,26,27). The molecule has 14 heteroatoms. The zero-order valence-corrected chi connectivity index (χ0v) is 20.9. The van der Waals surface area contributed by atoms with E-state index in [2.05, 4.69) is 24.9 Å². The number of aromatic nitrogens is 4. The number of alkyl halides is 3. The summed E-state index contributed by atoms with van der Waals surface area (Å²) in [4.78, 5) is 27.5. The molecule has 2 aliphatic heterocycles. The van der Waals surface area contributed by atoms with Crippen LogP contribution in [-0.4, -0.2) is 86.4 Å². The maximum Gasteiger partial charge on any atom is 0.419 e. The molecular weight excluding hydrogens is 497 g/mol. The van der Waals surface area contributed by atoms with E-state index in [4.69, 9.17) is 10.5 Å². The minimum atomic E-state index is -4.60. The Hall–Kier alpha value is -3.13. The van der Waals surface area contributed by atoms with Crippen LogP contribution in [0.2, 0.25) is 0 Å². The van der Waals surface area contributed by atoms with Gasteiger partial charge in [0.1, 0.15) is 11.4 Å². The lowest BCUT2D eigenvalue weighted by Crippen LogP contribution is -2.63. The third-order valence-electron chi connectivity index (χ3n) is 6.17. The number of imidazole rings is 1. The fraction of sp³-hybridized carbons (Fsp3) is 0.545. The number of nitrogens with zero attached hydrogens (tertiary/aromatic N) is 7.